The molecule has 0 aromatic heterocycles. The monoisotopic (exact) mass is 431 g/mol. The van der Waals surface area contributed by atoms with Crippen molar-refractivity contribution < 1.29 is 68.6 Å². The van der Waals surface area contributed by atoms with Gasteiger partial charge in [0.15, 0.2) is 0 Å². The van der Waals surface area contributed by atoms with Crippen molar-refractivity contribution in [1.29, 1.82) is 0 Å². The predicted molar refractivity (Wildman–Crippen MR) is 41.3 cm³/mol. The molecule has 16 heavy (non-hydrogen) atoms. The van der Waals surface area contributed by atoms with Crippen LogP contribution < -0.4 is 14.3 Å². The maximum atomic E-state index is 10.2. The van der Waals surface area contributed by atoms with E-state index in [1.807, 2.05) is 0 Å². The zero-order valence-electron chi connectivity index (χ0n) is 7.26. The van der Waals surface area contributed by atoms with Gasteiger partial charge in [-0.2, -0.15) is 0 Å². The number of nitro benzene ring substituents is 1. The van der Waals surface area contributed by atoms with E-state index in [9.17, 15) is 24.5 Å². The minimum atomic E-state index is -5.10. The number of non-ortho nitro benzene ring substituents is 1. The van der Waals surface area contributed by atoms with E-state index in [4.69, 9.17) is 0 Å². The van der Waals surface area contributed by atoms with Crippen LogP contribution in [0.15, 0.2) is 24.3 Å². The van der Waals surface area contributed by atoms with E-state index in [1.165, 1.54) is 0 Å². The van der Waals surface area contributed by atoms with Gasteiger partial charge in [-0.05, 0) is 12.1 Å². The maximum absolute atomic E-state index is 10.2. The summed E-state index contributed by atoms with van der Waals surface area (Å²) in [5, 5.41) is 10.2. The van der Waals surface area contributed by atoms with Crippen LogP contribution in [0.2, 0.25) is 0 Å². The molecule has 0 saturated heterocycles. The van der Waals surface area contributed by atoms with Gasteiger partial charge in [-0.3, -0.25) is 10.1 Å². The van der Waals surface area contributed by atoms with Crippen LogP contribution in [0, 0.1) is 10.1 Å². The molecule has 1 aromatic rings. The average Bonchev–Trinajstić information content (AvgIpc) is 2.02. The Balaban J connectivity index is 0. The summed E-state index contributed by atoms with van der Waals surface area (Å²) in [6, 6.07) is 4.12. The second-order valence-corrected chi connectivity index (χ2v) is 3.37. The van der Waals surface area contributed by atoms with E-state index < -0.39 is 12.7 Å². The quantitative estimate of drug-likeness (QED) is 0.282. The zero-order valence-corrected chi connectivity index (χ0v) is 11.1. The molecule has 0 spiro atoms. The molecule has 1 rings (SSSR count). The molecule has 0 atom stereocenters. The van der Waals surface area contributed by atoms with Crippen LogP contribution in [0.1, 0.15) is 0 Å². The van der Waals surface area contributed by atoms with Crippen molar-refractivity contribution in [2.75, 3.05) is 0 Å². The molecule has 0 amide bonds. The molecule has 0 N–H and O–H groups in total. The third kappa shape index (κ3) is 6.59. The third-order valence-corrected chi connectivity index (χ3v) is 1.70. The van der Waals surface area contributed by atoms with Crippen molar-refractivity contribution in [3.05, 3.63) is 34.4 Å². The Morgan fingerprint density at radius 3 is 1.88 bits per heavy atom. The molecule has 0 aliphatic heterocycles. The number of phosphoric ester groups is 1. The number of phosphoric acid groups is 1. The van der Waals surface area contributed by atoms with Gasteiger partial charge < -0.3 is 18.9 Å². The molecular formula is C6H4Ag2NO6P. The molecule has 0 saturated carbocycles. The van der Waals surface area contributed by atoms with Gasteiger partial charge in [0.05, 0.1) is 4.92 Å². The summed E-state index contributed by atoms with van der Waals surface area (Å²) in [5.41, 5.74) is -0.219. The van der Waals surface area contributed by atoms with Crippen LogP contribution in [0.25, 0.3) is 0 Å². The van der Waals surface area contributed by atoms with Gasteiger partial charge in [-0.15, -0.1) is 0 Å². The summed E-state index contributed by atoms with van der Waals surface area (Å²) < 4.78 is 14.1. The second kappa shape index (κ2) is 7.39. The van der Waals surface area contributed by atoms with E-state index in [-0.39, 0.29) is 56.2 Å². The van der Waals surface area contributed by atoms with Crippen molar-refractivity contribution in [2.24, 2.45) is 0 Å². The number of nitro groups is 1. The molecule has 0 fully saturated rings. The van der Waals surface area contributed by atoms with Crippen LogP contribution in [-0.4, -0.2) is 4.92 Å². The summed E-state index contributed by atoms with van der Waals surface area (Å²) in [6.07, 6.45) is 0. The fourth-order valence-electron chi connectivity index (χ4n) is 0.758. The van der Waals surface area contributed by atoms with Crippen molar-refractivity contribution in [1.82, 2.24) is 0 Å². The van der Waals surface area contributed by atoms with E-state index >= 15 is 0 Å². The standard InChI is InChI=1S/C6H6NO6P.2Ag/c8-7(9)5-1-3-6(4-2-5)13-14(10,11)12;;/h1-4H,(H2,10,11,12);;/q;2*+1/p-2. The van der Waals surface area contributed by atoms with E-state index in [1.54, 1.807) is 0 Å². The molecule has 0 radical (unpaired) electrons. The van der Waals surface area contributed by atoms with Crippen molar-refractivity contribution in [3.63, 3.8) is 0 Å². The fourth-order valence-corrected chi connectivity index (χ4v) is 1.14. The summed E-state index contributed by atoms with van der Waals surface area (Å²) in [6.45, 7) is 0. The second-order valence-electron chi connectivity index (χ2n) is 2.29. The zero-order chi connectivity index (χ0) is 10.8. The largest absolute Gasteiger partial charge is 1.00 e. The van der Waals surface area contributed by atoms with Gasteiger partial charge in [-0.25, -0.2) is 0 Å². The first-order valence-corrected chi connectivity index (χ1v) is 4.81. The number of benzene rings is 1. The van der Waals surface area contributed by atoms with Crippen LogP contribution in [0.4, 0.5) is 5.69 Å². The predicted octanol–water partition coefficient (Wildman–Crippen LogP) is -0.203. The first-order valence-electron chi connectivity index (χ1n) is 3.34. The normalized spacial score (nSPS) is 9.62. The van der Waals surface area contributed by atoms with Crippen molar-refractivity contribution in [2.45, 2.75) is 0 Å². The number of hydrogen-bond donors (Lipinski definition) is 0. The first kappa shape index (κ1) is 18.4. The van der Waals surface area contributed by atoms with Gasteiger partial charge in [-0.1, -0.05) is 0 Å². The molecule has 7 nitrogen and oxygen atoms in total. The molecule has 10 heteroatoms. The fraction of sp³-hybridized carbons (Fsp3) is 0. The van der Waals surface area contributed by atoms with Crippen LogP contribution >= 0.6 is 7.82 Å². The Hall–Kier alpha value is 0.0505. The minimum absolute atomic E-state index is 0. The summed E-state index contributed by atoms with van der Waals surface area (Å²) >= 11 is 0. The third-order valence-electron chi connectivity index (χ3n) is 1.26. The van der Waals surface area contributed by atoms with Crippen LogP contribution in [-0.2, 0) is 49.3 Å². The Kier molecular flexibility index (Phi) is 8.51. The minimum Gasteiger partial charge on any atom is -0.780 e. The van der Waals surface area contributed by atoms with Gasteiger partial charge in [0.25, 0.3) is 5.69 Å². The molecular weight excluding hydrogens is 429 g/mol. The molecule has 0 aliphatic carbocycles. The average molecular weight is 433 g/mol. The van der Waals surface area contributed by atoms with Gasteiger partial charge in [0.1, 0.15) is 13.6 Å². The summed E-state index contributed by atoms with van der Waals surface area (Å²) in [4.78, 5) is 29.8. The Bertz CT molecular complexity index is 391. The summed E-state index contributed by atoms with van der Waals surface area (Å²) in [5.74, 6) is -0.246. The Morgan fingerprint density at radius 1 is 1.12 bits per heavy atom. The molecule has 0 aliphatic rings. The molecule has 96 valence electrons. The number of hydrogen-bond acceptors (Lipinski definition) is 6. The Morgan fingerprint density at radius 2 is 1.56 bits per heavy atom. The number of rotatable bonds is 3. The first-order chi connectivity index (χ1) is 6.38. The van der Waals surface area contributed by atoms with E-state index in [0.29, 0.717) is 0 Å². The van der Waals surface area contributed by atoms with E-state index in [2.05, 4.69) is 4.52 Å². The van der Waals surface area contributed by atoms with Gasteiger partial charge in [0.2, 0.25) is 0 Å². The number of nitrogens with zero attached hydrogens (tertiary/aromatic N) is 1. The topological polar surface area (TPSA) is 116 Å². The van der Waals surface area contributed by atoms with Crippen LogP contribution in [0.5, 0.6) is 5.75 Å². The smallest absolute Gasteiger partial charge is 0.780 e. The molecule has 0 bridgehead atoms. The van der Waals surface area contributed by atoms with Crippen molar-refractivity contribution in [3.8, 4) is 5.75 Å². The Labute approximate surface area is 122 Å². The maximum Gasteiger partial charge on any atom is 1.00 e. The van der Waals surface area contributed by atoms with Gasteiger partial charge in [0, 0.05) is 12.1 Å². The summed E-state index contributed by atoms with van der Waals surface area (Å²) in [7, 11) is -5.10. The van der Waals surface area contributed by atoms with Gasteiger partial charge >= 0.3 is 44.8 Å². The molecule has 0 heterocycles. The van der Waals surface area contributed by atoms with Crippen LogP contribution in [0.3, 0.4) is 0 Å². The SMILES string of the molecule is O=[N+]([O-])c1ccc(OP(=O)([O-])[O-])cc1.[Ag+].[Ag+]. The molecule has 1 aromatic carbocycles. The van der Waals surface area contributed by atoms with Crippen molar-refractivity contribution >= 4 is 13.5 Å². The molecule has 0 unspecified atom stereocenters. The van der Waals surface area contributed by atoms with E-state index in [0.717, 1.165) is 24.3 Å².